The predicted molar refractivity (Wildman–Crippen MR) is 83.6 cm³/mol. The summed E-state index contributed by atoms with van der Waals surface area (Å²) in [4.78, 5) is 0. The average Bonchev–Trinajstić information content (AvgIpc) is 2.48. The summed E-state index contributed by atoms with van der Waals surface area (Å²) in [6.07, 6.45) is 3.83. The van der Waals surface area contributed by atoms with Gasteiger partial charge in [0.15, 0.2) is 0 Å². The van der Waals surface area contributed by atoms with Gasteiger partial charge in [-0.3, -0.25) is 0 Å². The quantitative estimate of drug-likeness (QED) is 0.741. The van der Waals surface area contributed by atoms with Crippen molar-refractivity contribution in [3.05, 3.63) is 0 Å². The standard InChI is InChI=1S/C14H31N3O2S/c1-4-13(5-2)12-16(6-3)20(18,19)17-9-7-14(11-15)8-10-17/h13-14H,4-12,15H2,1-3H3. The zero-order valence-corrected chi connectivity index (χ0v) is 14.0. The number of nitrogens with zero attached hydrogens (tertiary/aromatic N) is 2. The lowest BCUT2D eigenvalue weighted by molar-refractivity contribution is 0.249. The Kier molecular flexibility index (Phi) is 7.43. The second-order valence-electron chi connectivity index (χ2n) is 5.72. The van der Waals surface area contributed by atoms with Crippen LogP contribution in [0.25, 0.3) is 0 Å². The van der Waals surface area contributed by atoms with Crippen LogP contribution in [0.3, 0.4) is 0 Å². The maximum absolute atomic E-state index is 12.7. The zero-order chi connectivity index (χ0) is 15.2. The third-order valence-corrected chi connectivity index (χ3v) is 6.61. The summed E-state index contributed by atoms with van der Waals surface area (Å²) in [5.74, 6) is 0.932. The van der Waals surface area contributed by atoms with E-state index in [1.54, 1.807) is 8.61 Å². The van der Waals surface area contributed by atoms with Crippen LogP contribution in [0.4, 0.5) is 0 Å². The number of piperidine rings is 1. The SMILES string of the molecule is CCC(CC)CN(CC)S(=O)(=O)N1CCC(CN)CC1. The number of hydrogen-bond acceptors (Lipinski definition) is 3. The summed E-state index contributed by atoms with van der Waals surface area (Å²) in [6.45, 7) is 9.26. The summed E-state index contributed by atoms with van der Waals surface area (Å²) in [5.41, 5.74) is 5.67. The minimum absolute atomic E-state index is 0.450. The van der Waals surface area contributed by atoms with Gasteiger partial charge in [0.1, 0.15) is 0 Å². The van der Waals surface area contributed by atoms with Crippen molar-refractivity contribution in [3.8, 4) is 0 Å². The molecule has 0 aromatic rings. The van der Waals surface area contributed by atoms with E-state index in [4.69, 9.17) is 5.73 Å². The van der Waals surface area contributed by atoms with Gasteiger partial charge in [-0.15, -0.1) is 0 Å². The molecule has 0 atom stereocenters. The fraction of sp³-hybridized carbons (Fsp3) is 1.00. The van der Waals surface area contributed by atoms with Gasteiger partial charge in [-0.05, 0) is 31.2 Å². The van der Waals surface area contributed by atoms with E-state index in [0.29, 0.717) is 44.6 Å². The molecule has 1 fully saturated rings. The van der Waals surface area contributed by atoms with Crippen LogP contribution in [0, 0.1) is 11.8 Å². The summed E-state index contributed by atoms with van der Waals surface area (Å²) in [7, 11) is -3.30. The molecule has 0 radical (unpaired) electrons. The molecule has 5 nitrogen and oxygen atoms in total. The number of rotatable bonds is 8. The van der Waals surface area contributed by atoms with E-state index >= 15 is 0 Å². The lowest BCUT2D eigenvalue weighted by atomic mass is 9.99. The summed E-state index contributed by atoms with van der Waals surface area (Å²) in [6, 6.07) is 0. The Morgan fingerprint density at radius 1 is 1.20 bits per heavy atom. The highest BCUT2D eigenvalue weighted by Gasteiger charge is 2.32. The monoisotopic (exact) mass is 305 g/mol. The topological polar surface area (TPSA) is 66.6 Å². The maximum atomic E-state index is 12.7. The second kappa shape index (κ2) is 8.32. The Morgan fingerprint density at radius 2 is 1.75 bits per heavy atom. The predicted octanol–water partition coefficient (Wildman–Crippen LogP) is 1.66. The van der Waals surface area contributed by atoms with Crippen LogP contribution in [0.5, 0.6) is 0 Å². The van der Waals surface area contributed by atoms with Crippen molar-refractivity contribution in [3.63, 3.8) is 0 Å². The van der Waals surface area contributed by atoms with Crippen molar-refractivity contribution in [1.29, 1.82) is 0 Å². The molecule has 1 aliphatic heterocycles. The van der Waals surface area contributed by atoms with Crippen molar-refractivity contribution < 1.29 is 8.42 Å². The first-order valence-electron chi connectivity index (χ1n) is 7.94. The van der Waals surface area contributed by atoms with E-state index in [1.807, 2.05) is 6.92 Å². The molecule has 1 saturated heterocycles. The summed E-state index contributed by atoms with van der Waals surface area (Å²) >= 11 is 0. The van der Waals surface area contributed by atoms with Crippen LogP contribution in [0.2, 0.25) is 0 Å². The van der Waals surface area contributed by atoms with Gasteiger partial charge in [-0.2, -0.15) is 17.0 Å². The molecule has 6 heteroatoms. The van der Waals surface area contributed by atoms with Crippen LogP contribution in [-0.2, 0) is 10.2 Å². The van der Waals surface area contributed by atoms with Crippen LogP contribution in [0.15, 0.2) is 0 Å². The van der Waals surface area contributed by atoms with Gasteiger partial charge < -0.3 is 5.73 Å². The number of hydrogen-bond donors (Lipinski definition) is 1. The highest BCUT2D eigenvalue weighted by molar-refractivity contribution is 7.86. The molecule has 120 valence electrons. The molecule has 0 unspecified atom stereocenters. The normalized spacial score (nSPS) is 19.1. The maximum Gasteiger partial charge on any atom is 0.281 e. The molecule has 1 heterocycles. The highest BCUT2D eigenvalue weighted by Crippen LogP contribution is 2.22. The lowest BCUT2D eigenvalue weighted by Crippen LogP contribution is -2.48. The van der Waals surface area contributed by atoms with E-state index < -0.39 is 10.2 Å². The third kappa shape index (κ3) is 4.41. The first-order valence-corrected chi connectivity index (χ1v) is 9.34. The minimum atomic E-state index is -3.30. The highest BCUT2D eigenvalue weighted by atomic mass is 32.2. The van der Waals surface area contributed by atoms with Crippen molar-refractivity contribution in [2.24, 2.45) is 17.6 Å². The van der Waals surface area contributed by atoms with Crippen LogP contribution < -0.4 is 5.73 Å². The Morgan fingerprint density at radius 3 is 2.15 bits per heavy atom. The lowest BCUT2D eigenvalue weighted by Gasteiger charge is -2.35. The number of nitrogens with two attached hydrogens (primary N) is 1. The smallest absolute Gasteiger partial charge is 0.281 e. The molecule has 1 aliphatic rings. The van der Waals surface area contributed by atoms with Crippen molar-refractivity contribution in [2.75, 3.05) is 32.7 Å². The van der Waals surface area contributed by atoms with Crippen LogP contribution in [-0.4, -0.2) is 49.8 Å². The Bertz CT molecular complexity index is 361. The fourth-order valence-corrected chi connectivity index (χ4v) is 4.48. The molecule has 0 saturated carbocycles. The van der Waals surface area contributed by atoms with E-state index in [1.165, 1.54) is 0 Å². The molecule has 0 amide bonds. The van der Waals surface area contributed by atoms with Crippen molar-refractivity contribution in [2.45, 2.75) is 46.5 Å². The van der Waals surface area contributed by atoms with Gasteiger partial charge in [0.2, 0.25) is 0 Å². The van der Waals surface area contributed by atoms with E-state index in [-0.39, 0.29) is 0 Å². The first-order chi connectivity index (χ1) is 9.49. The molecule has 0 aliphatic carbocycles. The Balaban J connectivity index is 2.70. The minimum Gasteiger partial charge on any atom is -0.330 e. The van der Waals surface area contributed by atoms with Gasteiger partial charge in [-0.25, -0.2) is 0 Å². The van der Waals surface area contributed by atoms with Gasteiger partial charge in [0.05, 0.1) is 0 Å². The van der Waals surface area contributed by atoms with Crippen LogP contribution >= 0.6 is 0 Å². The van der Waals surface area contributed by atoms with Crippen molar-refractivity contribution in [1.82, 2.24) is 8.61 Å². The molecule has 0 spiro atoms. The molecule has 0 aromatic heterocycles. The largest absolute Gasteiger partial charge is 0.330 e. The van der Waals surface area contributed by atoms with Gasteiger partial charge in [0.25, 0.3) is 10.2 Å². The molecular formula is C14H31N3O2S. The van der Waals surface area contributed by atoms with Crippen molar-refractivity contribution >= 4 is 10.2 Å². The molecule has 2 N–H and O–H groups in total. The molecule has 0 bridgehead atoms. The molecule has 0 aromatic carbocycles. The van der Waals surface area contributed by atoms with Gasteiger partial charge in [0, 0.05) is 26.2 Å². The molecule has 20 heavy (non-hydrogen) atoms. The summed E-state index contributed by atoms with van der Waals surface area (Å²) in [5, 5.41) is 0. The average molecular weight is 305 g/mol. The second-order valence-corrected chi connectivity index (χ2v) is 7.65. The van der Waals surface area contributed by atoms with Crippen LogP contribution in [0.1, 0.15) is 46.5 Å². The Labute approximate surface area is 124 Å². The first kappa shape index (κ1) is 17.9. The van der Waals surface area contributed by atoms with E-state index in [0.717, 1.165) is 25.7 Å². The fourth-order valence-electron chi connectivity index (χ4n) is 2.76. The summed E-state index contributed by atoms with van der Waals surface area (Å²) < 4.78 is 28.7. The zero-order valence-electron chi connectivity index (χ0n) is 13.2. The van der Waals surface area contributed by atoms with E-state index in [9.17, 15) is 8.42 Å². The molecule has 1 rings (SSSR count). The third-order valence-electron chi connectivity index (χ3n) is 4.53. The van der Waals surface area contributed by atoms with Gasteiger partial charge >= 0.3 is 0 Å². The van der Waals surface area contributed by atoms with Gasteiger partial charge in [-0.1, -0.05) is 33.6 Å². The van der Waals surface area contributed by atoms with E-state index in [2.05, 4.69) is 13.8 Å². The Hall–Kier alpha value is -0.170. The molecular weight excluding hydrogens is 274 g/mol.